The fourth-order valence-corrected chi connectivity index (χ4v) is 2.48. The lowest BCUT2D eigenvalue weighted by Crippen LogP contribution is -2.39. The molecule has 1 amide bonds. The molecule has 1 aliphatic rings. The van der Waals surface area contributed by atoms with Crippen molar-refractivity contribution in [1.29, 1.82) is 0 Å². The maximum atomic E-state index is 10.7. The highest BCUT2D eigenvalue weighted by molar-refractivity contribution is 5.74. The van der Waals surface area contributed by atoms with E-state index in [0.717, 1.165) is 12.8 Å². The van der Waals surface area contributed by atoms with E-state index in [9.17, 15) is 4.79 Å². The molecule has 0 aromatic heterocycles. The van der Waals surface area contributed by atoms with E-state index in [2.05, 4.69) is 37.5 Å². The van der Waals surface area contributed by atoms with Crippen molar-refractivity contribution in [1.82, 2.24) is 5.48 Å². The number of hydroxylamine groups is 1. The molecule has 4 heteroatoms. The number of hydrogen-bond donors (Lipinski definition) is 2. The average molecular weight is 248 g/mol. The number of nitrogens with one attached hydrogen (secondary N) is 1. The molecule has 18 heavy (non-hydrogen) atoms. The van der Waals surface area contributed by atoms with Crippen molar-refractivity contribution in [3.63, 3.8) is 0 Å². The Morgan fingerprint density at radius 1 is 1.50 bits per heavy atom. The Bertz CT molecular complexity index is 443. The lowest BCUT2D eigenvalue weighted by Gasteiger charge is -2.40. The van der Waals surface area contributed by atoms with E-state index in [1.165, 1.54) is 11.1 Å². The molecule has 0 saturated carbocycles. The van der Waals surface area contributed by atoms with Gasteiger partial charge >= 0.3 is 0 Å². The number of nitrogens with two attached hydrogens (primary N) is 1. The van der Waals surface area contributed by atoms with E-state index in [1.807, 2.05) is 6.07 Å². The molecule has 3 N–H and O–H groups in total. The molecule has 0 aliphatic heterocycles. The first-order valence-corrected chi connectivity index (χ1v) is 6.24. The van der Waals surface area contributed by atoms with E-state index in [4.69, 9.17) is 10.6 Å². The SMILES string of the molecule is CC1(C)CCc2ccccc2C1NOCC(N)=O. The summed E-state index contributed by atoms with van der Waals surface area (Å²) in [5.41, 5.74) is 10.7. The fraction of sp³-hybridized carbons (Fsp3) is 0.500. The summed E-state index contributed by atoms with van der Waals surface area (Å²) in [5.74, 6) is -0.468. The fourth-order valence-electron chi connectivity index (χ4n) is 2.48. The van der Waals surface area contributed by atoms with Crippen LogP contribution in [0.3, 0.4) is 0 Å². The number of carbonyl (C=O) groups excluding carboxylic acids is 1. The van der Waals surface area contributed by atoms with E-state index in [1.54, 1.807) is 0 Å². The smallest absolute Gasteiger partial charge is 0.245 e. The first-order valence-electron chi connectivity index (χ1n) is 6.24. The number of carbonyl (C=O) groups is 1. The summed E-state index contributed by atoms with van der Waals surface area (Å²) < 4.78 is 0. The van der Waals surface area contributed by atoms with Crippen molar-refractivity contribution in [3.8, 4) is 0 Å². The minimum absolute atomic E-state index is 0.0850. The molecule has 0 bridgehead atoms. The molecule has 1 unspecified atom stereocenters. The minimum Gasteiger partial charge on any atom is -0.368 e. The van der Waals surface area contributed by atoms with Crippen LogP contribution >= 0.6 is 0 Å². The zero-order valence-electron chi connectivity index (χ0n) is 10.9. The lowest BCUT2D eigenvalue weighted by atomic mass is 9.71. The van der Waals surface area contributed by atoms with Crippen molar-refractivity contribution < 1.29 is 9.63 Å². The molecule has 4 nitrogen and oxygen atoms in total. The second-order valence-electron chi connectivity index (χ2n) is 5.49. The molecule has 0 spiro atoms. The number of amides is 1. The van der Waals surface area contributed by atoms with Gasteiger partial charge < -0.3 is 5.73 Å². The standard InChI is InChI=1S/C14H20N2O2/c1-14(2)8-7-10-5-3-4-6-11(10)13(14)16-18-9-12(15)17/h3-6,13,16H,7-9H2,1-2H3,(H2,15,17). The van der Waals surface area contributed by atoms with Crippen molar-refractivity contribution >= 4 is 5.91 Å². The van der Waals surface area contributed by atoms with Crippen LogP contribution in [-0.2, 0) is 16.1 Å². The third-order valence-corrected chi connectivity index (χ3v) is 3.60. The van der Waals surface area contributed by atoms with Gasteiger partial charge in [-0.15, -0.1) is 0 Å². The van der Waals surface area contributed by atoms with Crippen LogP contribution in [-0.4, -0.2) is 12.5 Å². The molecule has 0 fully saturated rings. The molecule has 1 atom stereocenters. The van der Waals surface area contributed by atoms with Gasteiger partial charge in [0.25, 0.3) is 0 Å². The summed E-state index contributed by atoms with van der Waals surface area (Å²) in [5, 5.41) is 0. The average Bonchev–Trinajstić information content (AvgIpc) is 2.31. The van der Waals surface area contributed by atoms with Crippen molar-refractivity contribution in [3.05, 3.63) is 35.4 Å². The lowest BCUT2D eigenvalue weighted by molar-refractivity contribution is -0.127. The number of primary amides is 1. The topological polar surface area (TPSA) is 64.3 Å². The minimum atomic E-state index is -0.468. The van der Waals surface area contributed by atoms with E-state index in [0.29, 0.717) is 0 Å². The zero-order valence-corrected chi connectivity index (χ0v) is 10.9. The second-order valence-corrected chi connectivity index (χ2v) is 5.49. The van der Waals surface area contributed by atoms with Crippen LogP contribution in [0.2, 0.25) is 0 Å². The van der Waals surface area contributed by atoms with Crippen LogP contribution in [0, 0.1) is 5.41 Å². The molecule has 1 aromatic carbocycles. The van der Waals surface area contributed by atoms with Crippen LogP contribution < -0.4 is 11.2 Å². The quantitative estimate of drug-likeness (QED) is 0.797. The normalized spacial score (nSPS) is 21.3. The van der Waals surface area contributed by atoms with E-state index in [-0.39, 0.29) is 18.1 Å². The summed E-state index contributed by atoms with van der Waals surface area (Å²) in [6, 6.07) is 8.43. The number of fused-ring (bicyclic) bond motifs is 1. The molecule has 0 heterocycles. The Hall–Kier alpha value is -1.39. The van der Waals surface area contributed by atoms with Crippen LogP contribution in [0.5, 0.6) is 0 Å². The van der Waals surface area contributed by atoms with Gasteiger partial charge in [-0.05, 0) is 29.4 Å². The van der Waals surface area contributed by atoms with Crippen LogP contribution in [0.1, 0.15) is 37.4 Å². The van der Waals surface area contributed by atoms with Gasteiger partial charge in [0, 0.05) is 0 Å². The summed E-state index contributed by atoms with van der Waals surface area (Å²) in [7, 11) is 0. The number of benzene rings is 1. The molecule has 1 aliphatic carbocycles. The van der Waals surface area contributed by atoms with Crippen LogP contribution in [0.15, 0.2) is 24.3 Å². The van der Waals surface area contributed by atoms with Gasteiger partial charge in [0.2, 0.25) is 5.91 Å². The maximum Gasteiger partial charge on any atom is 0.245 e. The molecule has 98 valence electrons. The third-order valence-electron chi connectivity index (χ3n) is 3.60. The van der Waals surface area contributed by atoms with Gasteiger partial charge in [-0.2, -0.15) is 5.48 Å². The molecule has 0 radical (unpaired) electrons. The van der Waals surface area contributed by atoms with E-state index >= 15 is 0 Å². The molecular formula is C14H20N2O2. The van der Waals surface area contributed by atoms with Gasteiger partial charge in [0.05, 0.1) is 6.04 Å². The highest BCUT2D eigenvalue weighted by atomic mass is 16.6. The summed E-state index contributed by atoms with van der Waals surface area (Å²) in [6.07, 6.45) is 2.17. The molecule has 2 rings (SSSR count). The highest BCUT2D eigenvalue weighted by Gasteiger charge is 2.35. The first kappa shape index (κ1) is 13.1. The van der Waals surface area contributed by atoms with Gasteiger partial charge in [0.1, 0.15) is 6.61 Å². The van der Waals surface area contributed by atoms with Gasteiger partial charge in [0.15, 0.2) is 0 Å². The Morgan fingerprint density at radius 3 is 2.94 bits per heavy atom. The summed E-state index contributed by atoms with van der Waals surface area (Å²) >= 11 is 0. The van der Waals surface area contributed by atoms with Crippen molar-refractivity contribution in [2.45, 2.75) is 32.7 Å². The maximum absolute atomic E-state index is 10.7. The molecule has 0 saturated heterocycles. The number of hydrogen-bond acceptors (Lipinski definition) is 3. The van der Waals surface area contributed by atoms with Gasteiger partial charge in [-0.25, -0.2) is 0 Å². The van der Waals surface area contributed by atoms with Crippen LogP contribution in [0.4, 0.5) is 0 Å². The Morgan fingerprint density at radius 2 is 2.22 bits per heavy atom. The molecule has 1 aromatic rings. The van der Waals surface area contributed by atoms with Gasteiger partial charge in [-0.1, -0.05) is 38.1 Å². The van der Waals surface area contributed by atoms with Crippen molar-refractivity contribution in [2.24, 2.45) is 11.1 Å². The predicted octanol–water partition coefficient (Wildman–Crippen LogP) is 1.71. The van der Waals surface area contributed by atoms with Crippen molar-refractivity contribution in [2.75, 3.05) is 6.61 Å². The second kappa shape index (κ2) is 5.08. The summed E-state index contributed by atoms with van der Waals surface area (Å²) in [6.45, 7) is 4.30. The summed E-state index contributed by atoms with van der Waals surface area (Å²) in [4.78, 5) is 15.9. The Labute approximate surface area is 107 Å². The van der Waals surface area contributed by atoms with E-state index < -0.39 is 5.91 Å². The third kappa shape index (κ3) is 2.71. The van der Waals surface area contributed by atoms with Gasteiger partial charge in [-0.3, -0.25) is 9.63 Å². The highest BCUT2D eigenvalue weighted by Crippen LogP contribution is 2.43. The number of aryl methyl sites for hydroxylation is 1. The Balaban J connectivity index is 2.16. The zero-order chi connectivity index (χ0) is 13.2. The largest absolute Gasteiger partial charge is 0.368 e. The Kier molecular flexibility index (Phi) is 3.68. The number of rotatable bonds is 4. The first-order chi connectivity index (χ1) is 8.50. The van der Waals surface area contributed by atoms with Crippen LogP contribution in [0.25, 0.3) is 0 Å². The molecular weight excluding hydrogens is 228 g/mol. The monoisotopic (exact) mass is 248 g/mol. The predicted molar refractivity (Wildman–Crippen MR) is 69.6 cm³/mol.